The second-order valence-electron chi connectivity index (χ2n) is 4.26. The number of hydrogen-bond donors (Lipinski definition) is 1. The highest BCUT2D eigenvalue weighted by Gasteiger charge is 2.05. The van der Waals surface area contributed by atoms with Crippen LogP contribution in [0.15, 0.2) is 30.6 Å². The number of anilines is 1. The summed E-state index contributed by atoms with van der Waals surface area (Å²) in [6.45, 7) is 0.757. The lowest BCUT2D eigenvalue weighted by Crippen LogP contribution is -2.08. The molecule has 0 amide bonds. The van der Waals surface area contributed by atoms with Gasteiger partial charge in [0.15, 0.2) is 5.13 Å². The maximum atomic E-state index is 13.1. The van der Waals surface area contributed by atoms with Gasteiger partial charge in [-0.25, -0.2) is 14.4 Å². The molecule has 0 aliphatic heterocycles. The predicted octanol–water partition coefficient (Wildman–Crippen LogP) is 2.82. The fraction of sp³-hybridized carbons (Fsp3) is 0.231. The Bertz CT molecular complexity index is 704. The molecule has 0 bridgehead atoms. The van der Waals surface area contributed by atoms with Crippen LogP contribution in [-0.4, -0.2) is 21.1 Å². The molecule has 4 nitrogen and oxygen atoms in total. The van der Waals surface area contributed by atoms with Gasteiger partial charge >= 0.3 is 0 Å². The van der Waals surface area contributed by atoms with Crippen LogP contribution in [0.4, 0.5) is 9.52 Å². The van der Waals surface area contributed by atoms with E-state index in [0.29, 0.717) is 0 Å². The molecule has 0 saturated carbocycles. The van der Waals surface area contributed by atoms with Gasteiger partial charge in [-0.2, -0.15) is 0 Å². The minimum atomic E-state index is -0.226. The summed E-state index contributed by atoms with van der Waals surface area (Å²) in [5.74, 6) is 0.801. The van der Waals surface area contributed by atoms with Gasteiger partial charge in [-0.15, -0.1) is 0 Å². The number of rotatable bonds is 4. The van der Waals surface area contributed by atoms with Crippen molar-refractivity contribution in [3.63, 3.8) is 0 Å². The van der Waals surface area contributed by atoms with Crippen molar-refractivity contribution in [3.05, 3.63) is 42.2 Å². The second kappa shape index (κ2) is 4.97. The number of aryl methyl sites for hydroxylation is 1. The van der Waals surface area contributed by atoms with Crippen LogP contribution in [-0.2, 0) is 13.5 Å². The lowest BCUT2D eigenvalue weighted by Gasteiger charge is -2.02. The summed E-state index contributed by atoms with van der Waals surface area (Å²) in [5, 5.41) is 4.07. The maximum Gasteiger partial charge on any atom is 0.183 e. The number of benzene rings is 1. The zero-order valence-corrected chi connectivity index (χ0v) is 11.2. The number of hydrogen-bond acceptors (Lipinski definition) is 4. The first kappa shape index (κ1) is 12.1. The molecule has 3 aromatic rings. The van der Waals surface area contributed by atoms with E-state index in [1.54, 1.807) is 12.3 Å². The van der Waals surface area contributed by atoms with Gasteiger partial charge in [0.25, 0.3) is 0 Å². The molecule has 98 valence electrons. The summed E-state index contributed by atoms with van der Waals surface area (Å²) < 4.78 is 15.9. The van der Waals surface area contributed by atoms with E-state index in [4.69, 9.17) is 0 Å². The highest BCUT2D eigenvalue weighted by Crippen LogP contribution is 2.26. The quantitative estimate of drug-likeness (QED) is 0.797. The van der Waals surface area contributed by atoms with Crippen LogP contribution in [0.3, 0.4) is 0 Å². The van der Waals surface area contributed by atoms with E-state index in [0.717, 1.165) is 34.1 Å². The highest BCUT2D eigenvalue weighted by atomic mass is 32.1. The monoisotopic (exact) mass is 276 g/mol. The molecule has 0 spiro atoms. The second-order valence-corrected chi connectivity index (χ2v) is 5.29. The van der Waals surface area contributed by atoms with Gasteiger partial charge in [-0.1, -0.05) is 11.3 Å². The fourth-order valence-electron chi connectivity index (χ4n) is 1.89. The Morgan fingerprint density at radius 1 is 1.42 bits per heavy atom. The summed E-state index contributed by atoms with van der Waals surface area (Å²) >= 11 is 1.46. The van der Waals surface area contributed by atoms with Crippen LogP contribution in [0.1, 0.15) is 5.82 Å². The SMILES string of the molecule is Cn1ccnc1CCNc1nc2ccc(F)cc2s1. The first-order valence-electron chi connectivity index (χ1n) is 5.98. The fourth-order valence-corrected chi connectivity index (χ4v) is 2.81. The number of halogens is 1. The Labute approximate surface area is 113 Å². The molecule has 0 radical (unpaired) electrons. The molecule has 2 heterocycles. The van der Waals surface area contributed by atoms with Crippen molar-refractivity contribution < 1.29 is 4.39 Å². The summed E-state index contributed by atoms with van der Waals surface area (Å²) in [5.41, 5.74) is 0.825. The zero-order valence-electron chi connectivity index (χ0n) is 10.4. The Kier molecular flexibility index (Phi) is 3.16. The van der Waals surface area contributed by atoms with Crippen LogP contribution in [0.25, 0.3) is 10.2 Å². The Morgan fingerprint density at radius 3 is 3.11 bits per heavy atom. The molecule has 19 heavy (non-hydrogen) atoms. The van der Waals surface area contributed by atoms with Crippen LogP contribution < -0.4 is 5.32 Å². The average Bonchev–Trinajstić information content (AvgIpc) is 2.95. The molecule has 1 aromatic carbocycles. The average molecular weight is 276 g/mol. The Balaban J connectivity index is 1.67. The zero-order chi connectivity index (χ0) is 13.2. The smallest absolute Gasteiger partial charge is 0.183 e. The third kappa shape index (κ3) is 2.58. The Morgan fingerprint density at radius 2 is 2.32 bits per heavy atom. The molecule has 3 rings (SSSR count). The lowest BCUT2D eigenvalue weighted by atomic mass is 10.3. The van der Waals surface area contributed by atoms with Crippen molar-refractivity contribution in [2.45, 2.75) is 6.42 Å². The van der Waals surface area contributed by atoms with E-state index >= 15 is 0 Å². The van der Waals surface area contributed by atoms with Gasteiger partial charge in [0.2, 0.25) is 0 Å². The minimum Gasteiger partial charge on any atom is -0.361 e. The van der Waals surface area contributed by atoms with Crippen molar-refractivity contribution in [2.24, 2.45) is 7.05 Å². The number of fused-ring (bicyclic) bond motifs is 1. The summed E-state index contributed by atoms with van der Waals surface area (Å²) in [6, 6.07) is 4.64. The minimum absolute atomic E-state index is 0.226. The van der Waals surface area contributed by atoms with E-state index in [2.05, 4.69) is 15.3 Å². The third-order valence-corrected chi connectivity index (χ3v) is 3.87. The van der Waals surface area contributed by atoms with Gasteiger partial charge in [-0.3, -0.25) is 0 Å². The topological polar surface area (TPSA) is 42.7 Å². The molecule has 0 aliphatic carbocycles. The van der Waals surface area contributed by atoms with Crippen LogP contribution in [0.5, 0.6) is 0 Å². The molecule has 0 atom stereocenters. The number of imidazole rings is 1. The first-order valence-corrected chi connectivity index (χ1v) is 6.80. The molecular weight excluding hydrogens is 263 g/mol. The predicted molar refractivity (Wildman–Crippen MR) is 75.0 cm³/mol. The van der Waals surface area contributed by atoms with Crippen LogP contribution in [0, 0.1) is 5.82 Å². The first-order chi connectivity index (χ1) is 9.22. The third-order valence-electron chi connectivity index (χ3n) is 2.90. The van der Waals surface area contributed by atoms with Gasteiger partial charge in [0, 0.05) is 32.4 Å². The molecule has 6 heteroatoms. The molecule has 1 N–H and O–H groups in total. The van der Waals surface area contributed by atoms with E-state index in [-0.39, 0.29) is 5.82 Å². The highest BCUT2D eigenvalue weighted by molar-refractivity contribution is 7.22. The van der Waals surface area contributed by atoms with Crippen molar-refractivity contribution in [2.75, 3.05) is 11.9 Å². The molecule has 0 saturated heterocycles. The van der Waals surface area contributed by atoms with Crippen molar-refractivity contribution in [3.8, 4) is 0 Å². The number of aromatic nitrogens is 3. The van der Waals surface area contributed by atoms with Gasteiger partial charge in [0.05, 0.1) is 10.2 Å². The molecule has 2 aromatic heterocycles. The van der Waals surface area contributed by atoms with Crippen LogP contribution in [0.2, 0.25) is 0 Å². The van der Waals surface area contributed by atoms with E-state index < -0.39 is 0 Å². The summed E-state index contributed by atoms with van der Waals surface area (Å²) in [4.78, 5) is 8.67. The lowest BCUT2D eigenvalue weighted by molar-refractivity contribution is 0.630. The molecule has 0 fully saturated rings. The normalized spacial score (nSPS) is 11.1. The maximum absolute atomic E-state index is 13.1. The summed E-state index contributed by atoms with van der Waals surface area (Å²) in [6.07, 6.45) is 4.54. The number of nitrogens with zero attached hydrogens (tertiary/aromatic N) is 3. The largest absolute Gasteiger partial charge is 0.361 e. The van der Waals surface area contributed by atoms with Crippen molar-refractivity contribution in [1.82, 2.24) is 14.5 Å². The standard InChI is InChI=1S/C13H13FN4S/c1-18-7-6-15-12(18)4-5-16-13-17-10-3-2-9(14)8-11(10)19-13/h2-3,6-8H,4-5H2,1H3,(H,16,17). The summed E-state index contributed by atoms with van der Waals surface area (Å²) in [7, 11) is 1.97. The van der Waals surface area contributed by atoms with Gasteiger partial charge < -0.3 is 9.88 Å². The van der Waals surface area contributed by atoms with Crippen LogP contribution >= 0.6 is 11.3 Å². The van der Waals surface area contributed by atoms with Crippen molar-refractivity contribution in [1.29, 1.82) is 0 Å². The molecular formula is C13H13FN4S. The van der Waals surface area contributed by atoms with E-state index in [1.807, 2.05) is 17.8 Å². The van der Waals surface area contributed by atoms with E-state index in [1.165, 1.54) is 23.5 Å². The molecule has 0 aliphatic rings. The van der Waals surface area contributed by atoms with Gasteiger partial charge in [0.1, 0.15) is 11.6 Å². The van der Waals surface area contributed by atoms with Gasteiger partial charge in [-0.05, 0) is 18.2 Å². The number of nitrogens with one attached hydrogen (secondary N) is 1. The van der Waals surface area contributed by atoms with Crippen molar-refractivity contribution >= 4 is 26.7 Å². The number of thiazole rings is 1. The Hall–Kier alpha value is -1.95. The van der Waals surface area contributed by atoms with E-state index in [9.17, 15) is 4.39 Å². The molecule has 0 unspecified atom stereocenters.